The lowest BCUT2D eigenvalue weighted by Crippen LogP contribution is -2.29. The second-order valence-corrected chi connectivity index (χ2v) is 3.73. The highest BCUT2D eigenvalue weighted by atomic mass is 19.4. The van der Waals surface area contributed by atoms with E-state index in [4.69, 9.17) is 0 Å². The Labute approximate surface area is 84.3 Å². The van der Waals surface area contributed by atoms with Crippen LogP contribution in [0, 0.1) is 5.41 Å². The molecule has 0 fully saturated rings. The Morgan fingerprint density at radius 1 is 1.00 bits per heavy atom. The molecule has 0 rings (SSSR count). The molecule has 0 N–H and O–H groups in total. The molecule has 0 heterocycles. The molecule has 0 saturated carbocycles. The summed E-state index contributed by atoms with van der Waals surface area (Å²) < 4.78 is 42.7. The molecule has 0 atom stereocenters. The molecule has 0 aromatic carbocycles. The molecule has 0 unspecified atom stereocenters. The molecule has 15 heavy (non-hydrogen) atoms. The fraction of sp³-hybridized carbons (Fsp3) is 0.750. The van der Waals surface area contributed by atoms with Gasteiger partial charge >= 0.3 is 18.1 Å². The third-order valence-corrected chi connectivity index (χ3v) is 1.22. The van der Waals surface area contributed by atoms with Gasteiger partial charge in [-0.2, -0.15) is 13.2 Å². The molecule has 0 radical (unpaired) electrons. The first-order chi connectivity index (χ1) is 6.55. The molecular weight excluding hydrogens is 217 g/mol. The van der Waals surface area contributed by atoms with E-state index in [1.165, 1.54) is 20.8 Å². The Kier molecular flexibility index (Phi) is 4.12. The smallest absolute Gasteiger partial charge is 0.427 e. The van der Waals surface area contributed by atoms with Crippen LogP contribution in [0.25, 0.3) is 0 Å². The zero-order valence-electron chi connectivity index (χ0n) is 8.47. The summed E-state index contributed by atoms with van der Waals surface area (Å²) >= 11 is 0. The maximum Gasteiger partial charge on any atom is 0.491 e. The minimum absolute atomic E-state index is 0.752. The Morgan fingerprint density at radius 3 is 1.73 bits per heavy atom. The average molecular weight is 228 g/mol. The highest BCUT2D eigenvalue weighted by Crippen LogP contribution is 2.17. The summed E-state index contributed by atoms with van der Waals surface area (Å²) in [7, 11) is 0. The van der Waals surface area contributed by atoms with Gasteiger partial charge in [-0.05, 0) is 20.8 Å². The van der Waals surface area contributed by atoms with Gasteiger partial charge in [-0.3, -0.25) is 4.79 Å². The first-order valence-corrected chi connectivity index (χ1v) is 3.96. The fourth-order valence-electron chi connectivity index (χ4n) is 0.435. The fourth-order valence-corrected chi connectivity index (χ4v) is 0.435. The van der Waals surface area contributed by atoms with E-state index < -0.39 is 30.3 Å². The standard InChI is InChI=1S/C8H11F3O4/c1-7(2,3)5(12)14-4-15-6(13)8(9,10)11/h4H2,1-3H3. The summed E-state index contributed by atoms with van der Waals surface area (Å²) in [6.07, 6.45) is -5.08. The van der Waals surface area contributed by atoms with Gasteiger partial charge in [-0.25, -0.2) is 4.79 Å². The average Bonchev–Trinajstić information content (AvgIpc) is 2.00. The highest BCUT2D eigenvalue weighted by molar-refractivity contribution is 5.77. The number of esters is 2. The first-order valence-electron chi connectivity index (χ1n) is 3.96. The summed E-state index contributed by atoms with van der Waals surface area (Å²) in [6, 6.07) is 0. The van der Waals surface area contributed by atoms with Gasteiger partial charge < -0.3 is 9.47 Å². The molecule has 88 valence electrons. The number of rotatable bonds is 2. The van der Waals surface area contributed by atoms with E-state index in [0.717, 1.165) is 0 Å². The Hall–Kier alpha value is -1.27. The van der Waals surface area contributed by atoms with Gasteiger partial charge in [0.2, 0.25) is 6.79 Å². The van der Waals surface area contributed by atoms with Crippen molar-refractivity contribution in [2.24, 2.45) is 5.41 Å². The molecule has 0 aliphatic heterocycles. The van der Waals surface area contributed by atoms with Crippen molar-refractivity contribution in [2.75, 3.05) is 6.79 Å². The number of alkyl halides is 3. The number of carbonyl (C=O) groups is 2. The van der Waals surface area contributed by atoms with Crippen LogP contribution < -0.4 is 0 Å². The Bertz CT molecular complexity index is 226. The third kappa shape index (κ3) is 5.24. The number of hydrogen-bond acceptors (Lipinski definition) is 4. The Morgan fingerprint density at radius 2 is 1.40 bits per heavy atom. The molecule has 0 bridgehead atoms. The van der Waals surface area contributed by atoms with Crippen LogP contribution >= 0.6 is 0 Å². The van der Waals surface area contributed by atoms with Gasteiger partial charge in [-0.1, -0.05) is 0 Å². The summed E-state index contributed by atoms with van der Waals surface area (Å²) in [4.78, 5) is 21.2. The number of halogens is 3. The van der Waals surface area contributed by atoms with Crippen LogP contribution in [0.4, 0.5) is 13.2 Å². The van der Waals surface area contributed by atoms with Gasteiger partial charge in [0, 0.05) is 0 Å². The van der Waals surface area contributed by atoms with Crippen LogP contribution in [-0.2, 0) is 19.1 Å². The van der Waals surface area contributed by atoms with Gasteiger partial charge in [0.05, 0.1) is 5.41 Å². The molecule has 0 aliphatic rings. The van der Waals surface area contributed by atoms with Crippen LogP contribution in [0.5, 0.6) is 0 Å². The number of ether oxygens (including phenoxy) is 2. The first kappa shape index (κ1) is 13.7. The summed E-state index contributed by atoms with van der Waals surface area (Å²) in [5.41, 5.74) is -0.857. The van der Waals surface area contributed by atoms with Crippen molar-refractivity contribution in [2.45, 2.75) is 26.9 Å². The summed E-state index contributed by atoms with van der Waals surface area (Å²) in [5.74, 6) is -3.14. The predicted octanol–water partition coefficient (Wildman–Crippen LogP) is 1.64. The van der Waals surface area contributed by atoms with E-state index in [2.05, 4.69) is 9.47 Å². The van der Waals surface area contributed by atoms with Crippen molar-refractivity contribution >= 4 is 11.9 Å². The molecule has 0 aromatic rings. The van der Waals surface area contributed by atoms with E-state index in [9.17, 15) is 22.8 Å². The van der Waals surface area contributed by atoms with Crippen LogP contribution in [-0.4, -0.2) is 24.9 Å². The monoisotopic (exact) mass is 228 g/mol. The van der Waals surface area contributed by atoms with Crippen molar-refractivity contribution in [3.63, 3.8) is 0 Å². The van der Waals surface area contributed by atoms with Gasteiger partial charge in [0.1, 0.15) is 0 Å². The van der Waals surface area contributed by atoms with Crippen molar-refractivity contribution in [3.05, 3.63) is 0 Å². The number of hydrogen-bond donors (Lipinski definition) is 0. The normalized spacial score (nSPS) is 12.1. The van der Waals surface area contributed by atoms with Crippen molar-refractivity contribution in [3.8, 4) is 0 Å². The molecule has 0 amide bonds. The third-order valence-electron chi connectivity index (χ3n) is 1.22. The molecule has 0 spiro atoms. The zero-order chi connectivity index (χ0) is 12.3. The van der Waals surface area contributed by atoms with Crippen LogP contribution in [0.3, 0.4) is 0 Å². The lowest BCUT2D eigenvalue weighted by atomic mass is 9.98. The minimum atomic E-state index is -5.08. The highest BCUT2D eigenvalue weighted by Gasteiger charge is 2.41. The lowest BCUT2D eigenvalue weighted by molar-refractivity contribution is -0.211. The van der Waals surface area contributed by atoms with E-state index in [-0.39, 0.29) is 0 Å². The summed E-state index contributed by atoms with van der Waals surface area (Å²) in [6.45, 7) is 3.51. The maximum atomic E-state index is 11.6. The molecule has 0 aliphatic carbocycles. The van der Waals surface area contributed by atoms with E-state index in [1.54, 1.807) is 0 Å². The second kappa shape index (κ2) is 4.50. The van der Waals surface area contributed by atoms with Gasteiger partial charge in [0.15, 0.2) is 0 Å². The van der Waals surface area contributed by atoms with Crippen molar-refractivity contribution in [1.82, 2.24) is 0 Å². The molecule has 0 saturated heterocycles. The van der Waals surface area contributed by atoms with Crippen LogP contribution in [0.2, 0.25) is 0 Å². The van der Waals surface area contributed by atoms with Crippen LogP contribution in [0.1, 0.15) is 20.8 Å². The molecule has 4 nitrogen and oxygen atoms in total. The molecular formula is C8H11F3O4. The van der Waals surface area contributed by atoms with Crippen molar-refractivity contribution in [1.29, 1.82) is 0 Å². The van der Waals surface area contributed by atoms with Crippen molar-refractivity contribution < 1.29 is 32.2 Å². The van der Waals surface area contributed by atoms with Gasteiger partial charge in [0.25, 0.3) is 0 Å². The Balaban J connectivity index is 3.92. The topological polar surface area (TPSA) is 52.6 Å². The van der Waals surface area contributed by atoms with Gasteiger partial charge in [-0.15, -0.1) is 0 Å². The largest absolute Gasteiger partial charge is 0.491 e. The maximum absolute atomic E-state index is 11.6. The lowest BCUT2D eigenvalue weighted by Gasteiger charge is -2.16. The SMILES string of the molecule is CC(C)(C)C(=O)OCOC(=O)C(F)(F)F. The summed E-state index contributed by atoms with van der Waals surface area (Å²) in [5, 5.41) is 0. The quantitative estimate of drug-likeness (QED) is 0.532. The number of carbonyl (C=O) groups excluding carboxylic acids is 2. The zero-order valence-corrected chi connectivity index (χ0v) is 8.47. The predicted molar refractivity (Wildman–Crippen MR) is 42.6 cm³/mol. The molecule has 0 aromatic heterocycles. The van der Waals surface area contributed by atoms with E-state index >= 15 is 0 Å². The van der Waals surface area contributed by atoms with E-state index in [0.29, 0.717) is 0 Å². The van der Waals surface area contributed by atoms with Crippen LogP contribution in [0.15, 0.2) is 0 Å². The van der Waals surface area contributed by atoms with E-state index in [1.807, 2.05) is 0 Å². The minimum Gasteiger partial charge on any atom is -0.427 e. The molecule has 7 heteroatoms. The second-order valence-electron chi connectivity index (χ2n) is 3.73.